The van der Waals surface area contributed by atoms with Gasteiger partial charge in [0.15, 0.2) is 0 Å². The molecule has 0 aromatic heterocycles. The highest BCUT2D eigenvalue weighted by atomic mass is 35.5. The fourth-order valence-corrected chi connectivity index (χ4v) is 3.83. The van der Waals surface area contributed by atoms with E-state index >= 15 is 0 Å². The van der Waals surface area contributed by atoms with Crippen molar-refractivity contribution in [2.75, 3.05) is 25.0 Å². The molecule has 0 spiro atoms. The lowest BCUT2D eigenvalue weighted by molar-refractivity contribution is 0.0937. The predicted octanol–water partition coefficient (Wildman–Crippen LogP) is 3.86. The number of carbonyl (C=O) groups excluding carboxylic acids is 1. The number of anilines is 1. The molecule has 2 aromatic rings. The monoisotopic (exact) mass is 424 g/mol. The van der Waals surface area contributed by atoms with Crippen LogP contribution in [0.1, 0.15) is 35.7 Å². The van der Waals surface area contributed by atoms with Crippen molar-refractivity contribution in [3.8, 4) is 0 Å². The lowest BCUT2D eigenvalue weighted by Crippen LogP contribution is -2.27. The summed E-state index contributed by atoms with van der Waals surface area (Å²) < 4.78 is 32.8. The van der Waals surface area contributed by atoms with Crippen molar-refractivity contribution in [2.45, 2.75) is 31.1 Å². The Morgan fingerprint density at radius 1 is 1.14 bits per heavy atom. The lowest BCUT2D eigenvalue weighted by Gasteiger charge is -2.11. The molecule has 2 rings (SSSR count). The van der Waals surface area contributed by atoms with Crippen molar-refractivity contribution in [3.05, 3.63) is 58.6 Å². The quantitative estimate of drug-likeness (QED) is 0.567. The van der Waals surface area contributed by atoms with Gasteiger partial charge in [0.1, 0.15) is 0 Å². The van der Waals surface area contributed by atoms with Gasteiger partial charge in [-0.1, -0.05) is 37.1 Å². The second-order valence-electron chi connectivity index (χ2n) is 6.30. The Morgan fingerprint density at radius 2 is 1.86 bits per heavy atom. The van der Waals surface area contributed by atoms with Gasteiger partial charge >= 0.3 is 0 Å². The number of hydrogen-bond donors (Lipinski definition) is 2. The third-order valence-corrected chi connectivity index (χ3v) is 5.82. The molecule has 6 nitrogen and oxygen atoms in total. The topological polar surface area (TPSA) is 84.5 Å². The summed E-state index contributed by atoms with van der Waals surface area (Å²) in [4.78, 5) is 12.2. The summed E-state index contributed by atoms with van der Waals surface area (Å²) in [5.74, 6) is -0.459. The summed E-state index contributed by atoms with van der Waals surface area (Å²) in [7, 11) is -2.33. The van der Waals surface area contributed by atoms with E-state index in [0.717, 1.165) is 24.8 Å². The molecular formula is C20H25ClN2O4S. The van der Waals surface area contributed by atoms with Gasteiger partial charge in [-0.05, 0) is 48.7 Å². The molecule has 8 heteroatoms. The summed E-state index contributed by atoms with van der Waals surface area (Å²) in [6, 6.07) is 11.3. The van der Waals surface area contributed by atoms with Crippen LogP contribution in [0.15, 0.2) is 47.4 Å². The molecule has 0 aliphatic carbocycles. The average Bonchev–Trinajstić information content (AvgIpc) is 2.67. The van der Waals surface area contributed by atoms with Crippen molar-refractivity contribution < 1.29 is 17.9 Å². The first-order valence-corrected chi connectivity index (χ1v) is 10.9. The molecule has 152 valence electrons. The van der Waals surface area contributed by atoms with Gasteiger partial charge in [0.2, 0.25) is 0 Å². The number of ether oxygens (including phenoxy) is 1. The predicted molar refractivity (Wildman–Crippen MR) is 112 cm³/mol. The van der Waals surface area contributed by atoms with Crippen LogP contribution in [0.3, 0.4) is 0 Å². The van der Waals surface area contributed by atoms with Crippen LogP contribution in [0.4, 0.5) is 5.69 Å². The first kappa shape index (κ1) is 22.2. The molecule has 0 heterocycles. The number of halogens is 1. The average molecular weight is 425 g/mol. The number of hydrogen-bond acceptors (Lipinski definition) is 4. The molecule has 0 unspecified atom stereocenters. The first-order valence-electron chi connectivity index (χ1n) is 9.06. The Balaban J connectivity index is 2.16. The highest BCUT2D eigenvalue weighted by Crippen LogP contribution is 2.23. The zero-order valence-electron chi connectivity index (χ0n) is 16.0. The molecule has 1 amide bonds. The minimum absolute atomic E-state index is 0.0381. The summed E-state index contributed by atoms with van der Waals surface area (Å²) in [6.07, 6.45) is 3.15. The van der Waals surface area contributed by atoms with Gasteiger partial charge in [-0.25, -0.2) is 8.42 Å². The second kappa shape index (κ2) is 10.5. The van der Waals surface area contributed by atoms with E-state index in [9.17, 15) is 13.2 Å². The van der Waals surface area contributed by atoms with Crippen molar-refractivity contribution >= 4 is 33.2 Å². The summed E-state index contributed by atoms with van der Waals surface area (Å²) in [5, 5.41) is 2.80. The summed E-state index contributed by atoms with van der Waals surface area (Å²) >= 11 is 6.07. The molecule has 0 aliphatic heterocycles. The fourth-order valence-electron chi connectivity index (χ4n) is 2.54. The molecule has 0 atom stereocenters. The molecule has 2 N–H and O–H groups in total. The van der Waals surface area contributed by atoms with Crippen molar-refractivity contribution in [2.24, 2.45) is 0 Å². The van der Waals surface area contributed by atoms with Crippen LogP contribution in [-0.2, 0) is 21.2 Å². The number of methoxy groups -OCH3 is 1. The van der Waals surface area contributed by atoms with Crippen LogP contribution in [-0.4, -0.2) is 34.6 Å². The number of unbranched alkanes of at least 4 members (excludes halogenated alkanes) is 1. The Morgan fingerprint density at radius 3 is 2.50 bits per heavy atom. The Hall–Kier alpha value is -2.09. The van der Waals surface area contributed by atoms with E-state index in [4.69, 9.17) is 16.3 Å². The molecule has 0 saturated heterocycles. The van der Waals surface area contributed by atoms with E-state index in [1.54, 1.807) is 12.1 Å². The maximum Gasteiger partial charge on any atom is 0.261 e. The van der Waals surface area contributed by atoms with Gasteiger partial charge in [0.05, 0.1) is 22.1 Å². The highest BCUT2D eigenvalue weighted by molar-refractivity contribution is 7.92. The maximum atomic E-state index is 12.7. The highest BCUT2D eigenvalue weighted by Gasteiger charge is 2.19. The first-order chi connectivity index (χ1) is 13.4. The lowest BCUT2D eigenvalue weighted by atomic mass is 10.1. The van der Waals surface area contributed by atoms with E-state index in [0.29, 0.717) is 18.8 Å². The SMILES string of the molecule is CCCCc1ccc(NS(=O)(=O)c2ccc(Cl)c(C(=O)NCCOC)c2)cc1. The minimum Gasteiger partial charge on any atom is -0.383 e. The van der Waals surface area contributed by atoms with Crippen LogP contribution in [0, 0.1) is 0 Å². The zero-order valence-corrected chi connectivity index (χ0v) is 17.6. The van der Waals surface area contributed by atoms with Gasteiger partial charge in [-0.15, -0.1) is 0 Å². The number of nitrogens with one attached hydrogen (secondary N) is 2. The van der Waals surface area contributed by atoms with E-state index in [2.05, 4.69) is 17.0 Å². The summed E-state index contributed by atoms with van der Waals surface area (Å²) in [6.45, 7) is 2.77. The van der Waals surface area contributed by atoms with Crippen molar-refractivity contribution in [3.63, 3.8) is 0 Å². The molecule has 0 saturated carbocycles. The molecule has 0 aliphatic rings. The van der Waals surface area contributed by atoms with E-state index < -0.39 is 15.9 Å². The fraction of sp³-hybridized carbons (Fsp3) is 0.350. The zero-order chi connectivity index (χ0) is 20.6. The smallest absolute Gasteiger partial charge is 0.261 e. The normalized spacial score (nSPS) is 11.2. The largest absolute Gasteiger partial charge is 0.383 e. The van der Waals surface area contributed by atoms with Gasteiger partial charge < -0.3 is 10.1 Å². The Kier molecular flexibility index (Phi) is 8.29. The molecule has 0 radical (unpaired) electrons. The molecule has 0 bridgehead atoms. The van der Waals surface area contributed by atoms with Crippen LogP contribution < -0.4 is 10.0 Å². The standard InChI is InChI=1S/C20H25ClN2O4S/c1-3-4-5-15-6-8-16(9-7-15)23-28(25,26)17-10-11-19(21)18(14-17)20(24)22-12-13-27-2/h6-11,14,23H,3-5,12-13H2,1-2H3,(H,22,24). The van der Waals surface area contributed by atoms with E-state index in [1.165, 1.54) is 25.3 Å². The van der Waals surface area contributed by atoms with Crippen LogP contribution in [0.5, 0.6) is 0 Å². The number of carbonyl (C=O) groups is 1. The second-order valence-corrected chi connectivity index (χ2v) is 8.39. The third-order valence-electron chi connectivity index (χ3n) is 4.11. The van der Waals surface area contributed by atoms with Gasteiger partial charge in [0.25, 0.3) is 15.9 Å². The number of aryl methyl sites for hydroxylation is 1. The number of amides is 1. The number of benzene rings is 2. The molecule has 28 heavy (non-hydrogen) atoms. The Bertz CT molecular complexity index is 899. The molecular weight excluding hydrogens is 400 g/mol. The van der Waals surface area contributed by atoms with Gasteiger partial charge in [-0.3, -0.25) is 9.52 Å². The minimum atomic E-state index is -3.85. The summed E-state index contributed by atoms with van der Waals surface area (Å²) in [5.41, 5.74) is 1.71. The van der Waals surface area contributed by atoms with Crippen LogP contribution >= 0.6 is 11.6 Å². The van der Waals surface area contributed by atoms with Crippen LogP contribution in [0.2, 0.25) is 5.02 Å². The van der Waals surface area contributed by atoms with Gasteiger partial charge in [0, 0.05) is 19.3 Å². The van der Waals surface area contributed by atoms with Crippen molar-refractivity contribution in [1.82, 2.24) is 5.32 Å². The number of rotatable bonds is 10. The van der Waals surface area contributed by atoms with Gasteiger partial charge in [-0.2, -0.15) is 0 Å². The number of sulfonamides is 1. The van der Waals surface area contributed by atoms with E-state index in [-0.39, 0.29) is 15.5 Å². The van der Waals surface area contributed by atoms with E-state index in [1.807, 2.05) is 12.1 Å². The maximum absolute atomic E-state index is 12.7. The third kappa shape index (κ3) is 6.22. The molecule has 0 fully saturated rings. The van der Waals surface area contributed by atoms with Crippen molar-refractivity contribution in [1.29, 1.82) is 0 Å². The molecule has 2 aromatic carbocycles. The van der Waals surface area contributed by atoms with Crippen LogP contribution in [0.25, 0.3) is 0 Å². The Labute approximate surface area is 171 Å².